The number of sulfone groups is 1. The van der Waals surface area contributed by atoms with Crippen LogP contribution in [0.4, 0.5) is 15.9 Å². The standard InChI is InChI=1S/C16H17FN4O3S/c1-21(13-6-7-25(23,24)10-13)16(22)14-8-19-15(9-18-14)20-12-4-2-11(17)3-5-12/h2-5,8-9,13H,6-7,10H2,1H3,(H,19,20). The van der Waals surface area contributed by atoms with Gasteiger partial charge in [0, 0.05) is 18.8 Å². The maximum atomic E-state index is 12.9. The second kappa shape index (κ2) is 6.75. The van der Waals surface area contributed by atoms with Gasteiger partial charge in [-0.05, 0) is 30.7 Å². The SMILES string of the molecule is CN(C(=O)c1cnc(Nc2ccc(F)cc2)cn1)C1CCS(=O)(=O)C1. The van der Waals surface area contributed by atoms with E-state index in [9.17, 15) is 17.6 Å². The smallest absolute Gasteiger partial charge is 0.274 e. The molecule has 3 rings (SSSR count). The van der Waals surface area contributed by atoms with Crippen LogP contribution in [0, 0.1) is 5.82 Å². The molecule has 1 N–H and O–H groups in total. The minimum Gasteiger partial charge on any atom is -0.339 e. The predicted octanol–water partition coefficient (Wildman–Crippen LogP) is 1.62. The summed E-state index contributed by atoms with van der Waals surface area (Å²) in [5.74, 6) is -0.222. The number of carbonyl (C=O) groups excluding carboxylic acids is 1. The summed E-state index contributed by atoms with van der Waals surface area (Å²) in [4.78, 5) is 22.0. The van der Waals surface area contributed by atoms with E-state index >= 15 is 0 Å². The zero-order valence-electron chi connectivity index (χ0n) is 13.5. The van der Waals surface area contributed by atoms with Crippen LogP contribution >= 0.6 is 0 Å². The van der Waals surface area contributed by atoms with E-state index in [2.05, 4.69) is 15.3 Å². The number of halogens is 1. The van der Waals surface area contributed by atoms with Gasteiger partial charge in [0.05, 0.1) is 23.9 Å². The summed E-state index contributed by atoms with van der Waals surface area (Å²) in [6.45, 7) is 0. The molecule has 7 nitrogen and oxygen atoms in total. The summed E-state index contributed by atoms with van der Waals surface area (Å²) >= 11 is 0. The Morgan fingerprint density at radius 1 is 1.24 bits per heavy atom. The van der Waals surface area contributed by atoms with Gasteiger partial charge in [-0.2, -0.15) is 0 Å². The number of amides is 1. The molecule has 0 radical (unpaired) electrons. The summed E-state index contributed by atoms with van der Waals surface area (Å²) in [7, 11) is -1.50. The van der Waals surface area contributed by atoms with Crippen LogP contribution in [-0.2, 0) is 9.84 Å². The van der Waals surface area contributed by atoms with E-state index < -0.39 is 9.84 Å². The van der Waals surface area contributed by atoms with Gasteiger partial charge in [-0.15, -0.1) is 0 Å². The van der Waals surface area contributed by atoms with Crippen LogP contribution in [0.25, 0.3) is 0 Å². The van der Waals surface area contributed by atoms with Crippen molar-refractivity contribution in [3.05, 3.63) is 48.2 Å². The Kier molecular flexibility index (Phi) is 4.67. The maximum absolute atomic E-state index is 12.9. The lowest BCUT2D eigenvalue weighted by Crippen LogP contribution is -2.38. The highest BCUT2D eigenvalue weighted by Crippen LogP contribution is 2.19. The fraction of sp³-hybridized carbons (Fsp3) is 0.312. The molecule has 1 aromatic heterocycles. The van der Waals surface area contributed by atoms with Crippen molar-refractivity contribution < 1.29 is 17.6 Å². The second-order valence-corrected chi connectivity index (χ2v) is 8.12. The van der Waals surface area contributed by atoms with Gasteiger partial charge in [0.15, 0.2) is 9.84 Å². The van der Waals surface area contributed by atoms with Gasteiger partial charge in [0.2, 0.25) is 0 Å². The lowest BCUT2D eigenvalue weighted by atomic mass is 10.2. The molecule has 1 fully saturated rings. The van der Waals surface area contributed by atoms with Gasteiger partial charge in [0.25, 0.3) is 5.91 Å². The lowest BCUT2D eigenvalue weighted by Gasteiger charge is -2.22. The molecule has 0 saturated carbocycles. The molecule has 1 amide bonds. The number of anilines is 2. The monoisotopic (exact) mass is 364 g/mol. The van der Waals surface area contributed by atoms with E-state index in [1.807, 2.05) is 0 Å². The van der Waals surface area contributed by atoms with Crippen molar-refractivity contribution >= 4 is 27.2 Å². The molecule has 0 spiro atoms. The Morgan fingerprint density at radius 3 is 2.52 bits per heavy atom. The third-order valence-electron chi connectivity index (χ3n) is 4.06. The van der Waals surface area contributed by atoms with Gasteiger partial charge in [-0.3, -0.25) is 4.79 Å². The molecule has 2 aromatic rings. The summed E-state index contributed by atoms with van der Waals surface area (Å²) in [5, 5.41) is 2.95. The third kappa shape index (κ3) is 4.11. The molecular weight excluding hydrogens is 347 g/mol. The van der Waals surface area contributed by atoms with Crippen LogP contribution in [-0.4, -0.2) is 53.8 Å². The van der Waals surface area contributed by atoms with Crippen LogP contribution in [0.1, 0.15) is 16.9 Å². The van der Waals surface area contributed by atoms with Crippen LogP contribution in [0.5, 0.6) is 0 Å². The molecule has 0 aliphatic carbocycles. The van der Waals surface area contributed by atoms with Crippen molar-refractivity contribution in [2.75, 3.05) is 23.9 Å². The first kappa shape index (κ1) is 17.3. The molecule has 25 heavy (non-hydrogen) atoms. The first-order valence-electron chi connectivity index (χ1n) is 7.66. The predicted molar refractivity (Wildman–Crippen MR) is 90.9 cm³/mol. The number of nitrogens with one attached hydrogen (secondary N) is 1. The number of hydrogen-bond acceptors (Lipinski definition) is 6. The average Bonchev–Trinajstić information content (AvgIpc) is 2.96. The third-order valence-corrected chi connectivity index (χ3v) is 5.81. The molecule has 132 valence electrons. The van der Waals surface area contributed by atoms with Crippen molar-refractivity contribution in [2.24, 2.45) is 0 Å². The number of aromatic nitrogens is 2. The first-order valence-corrected chi connectivity index (χ1v) is 9.48. The Morgan fingerprint density at radius 2 is 1.96 bits per heavy atom. The van der Waals surface area contributed by atoms with Crippen molar-refractivity contribution in [3.8, 4) is 0 Å². The van der Waals surface area contributed by atoms with Gasteiger partial charge >= 0.3 is 0 Å². The summed E-state index contributed by atoms with van der Waals surface area (Å²) in [6.07, 6.45) is 3.16. The Labute approximate surface area is 144 Å². The number of benzene rings is 1. The highest BCUT2D eigenvalue weighted by Gasteiger charge is 2.33. The fourth-order valence-corrected chi connectivity index (χ4v) is 4.39. The molecular formula is C16H17FN4O3S. The van der Waals surface area contributed by atoms with E-state index in [4.69, 9.17) is 0 Å². The highest BCUT2D eigenvalue weighted by molar-refractivity contribution is 7.91. The Hall–Kier alpha value is -2.55. The first-order chi connectivity index (χ1) is 11.8. The largest absolute Gasteiger partial charge is 0.339 e. The van der Waals surface area contributed by atoms with Crippen molar-refractivity contribution in [1.82, 2.24) is 14.9 Å². The van der Waals surface area contributed by atoms with E-state index in [1.54, 1.807) is 19.2 Å². The summed E-state index contributed by atoms with van der Waals surface area (Å²) in [6, 6.07) is 5.42. The molecule has 9 heteroatoms. The second-order valence-electron chi connectivity index (χ2n) is 5.89. The van der Waals surface area contributed by atoms with E-state index in [1.165, 1.54) is 29.4 Å². The zero-order valence-corrected chi connectivity index (χ0v) is 14.3. The summed E-state index contributed by atoms with van der Waals surface area (Å²) in [5.41, 5.74) is 0.777. The molecule has 1 aliphatic rings. The molecule has 1 atom stereocenters. The van der Waals surface area contributed by atoms with Crippen LogP contribution in [0.2, 0.25) is 0 Å². The van der Waals surface area contributed by atoms with Gasteiger partial charge < -0.3 is 10.2 Å². The highest BCUT2D eigenvalue weighted by atomic mass is 32.2. The summed E-state index contributed by atoms with van der Waals surface area (Å²) < 4.78 is 36.0. The van der Waals surface area contributed by atoms with Crippen molar-refractivity contribution in [1.29, 1.82) is 0 Å². The molecule has 1 unspecified atom stereocenters. The normalized spacial score (nSPS) is 18.7. The topological polar surface area (TPSA) is 92.3 Å². The number of rotatable bonds is 4. The van der Waals surface area contributed by atoms with Gasteiger partial charge in [-0.25, -0.2) is 22.8 Å². The molecule has 1 aliphatic heterocycles. The molecule has 0 bridgehead atoms. The average molecular weight is 364 g/mol. The van der Waals surface area contributed by atoms with Gasteiger partial charge in [0.1, 0.15) is 17.3 Å². The number of carbonyl (C=O) groups is 1. The zero-order chi connectivity index (χ0) is 18.0. The van der Waals surface area contributed by atoms with Crippen LogP contribution in [0.15, 0.2) is 36.7 Å². The van der Waals surface area contributed by atoms with Crippen molar-refractivity contribution in [3.63, 3.8) is 0 Å². The van der Waals surface area contributed by atoms with E-state index in [0.29, 0.717) is 17.9 Å². The molecule has 1 saturated heterocycles. The minimum atomic E-state index is -3.07. The van der Waals surface area contributed by atoms with Crippen molar-refractivity contribution in [2.45, 2.75) is 12.5 Å². The Balaban J connectivity index is 1.67. The number of hydrogen-bond donors (Lipinski definition) is 1. The number of nitrogens with zero attached hydrogens (tertiary/aromatic N) is 3. The molecule has 2 heterocycles. The van der Waals surface area contributed by atoms with E-state index in [0.717, 1.165) is 0 Å². The maximum Gasteiger partial charge on any atom is 0.274 e. The quantitative estimate of drug-likeness (QED) is 0.886. The van der Waals surface area contributed by atoms with Gasteiger partial charge in [-0.1, -0.05) is 0 Å². The Bertz CT molecular complexity index is 869. The fourth-order valence-electron chi connectivity index (χ4n) is 2.61. The lowest BCUT2D eigenvalue weighted by molar-refractivity contribution is 0.0741. The molecule has 1 aromatic carbocycles. The minimum absolute atomic E-state index is 0.0210. The van der Waals surface area contributed by atoms with Crippen LogP contribution in [0.3, 0.4) is 0 Å². The van der Waals surface area contributed by atoms with E-state index in [-0.39, 0.29) is 35.0 Å². The van der Waals surface area contributed by atoms with Crippen LogP contribution < -0.4 is 5.32 Å².